The summed E-state index contributed by atoms with van der Waals surface area (Å²) in [6.07, 6.45) is 2.43. The van der Waals surface area contributed by atoms with Crippen LogP contribution in [0.25, 0.3) is 0 Å². The van der Waals surface area contributed by atoms with E-state index in [-0.39, 0.29) is 5.91 Å². The van der Waals surface area contributed by atoms with Crippen LogP contribution in [0.15, 0.2) is 30.3 Å². The molecule has 1 aliphatic carbocycles. The number of carbonyl (C=O) groups excluding carboxylic acids is 2. The highest BCUT2D eigenvalue weighted by Gasteiger charge is 2.50. The van der Waals surface area contributed by atoms with E-state index in [1.54, 1.807) is 4.90 Å². The van der Waals surface area contributed by atoms with E-state index in [9.17, 15) is 9.59 Å². The van der Waals surface area contributed by atoms with E-state index in [0.717, 1.165) is 24.8 Å². The Balaban J connectivity index is 2.37. The first-order valence-electron chi connectivity index (χ1n) is 5.02. The molecule has 0 atom stereocenters. The second kappa shape index (κ2) is 3.50. The number of amides is 1. The first kappa shape index (κ1) is 9.90. The van der Waals surface area contributed by atoms with E-state index >= 15 is 0 Å². The molecule has 0 aliphatic heterocycles. The highest BCUT2D eigenvalue weighted by atomic mass is 16.2. The maximum absolute atomic E-state index is 11.6. The van der Waals surface area contributed by atoms with Gasteiger partial charge in [0.25, 0.3) is 0 Å². The van der Waals surface area contributed by atoms with Crippen molar-refractivity contribution in [3.63, 3.8) is 0 Å². The Morgan fingerprint density at radius 3 is 2.33 bits per heavy atom. The number of hydrogen-bond donors (Lipinski definition) is 0. The van der Waals surface area contributed by atoms with Gasteiger partial charge in [0.05, 0.1) is 0 Å². The van der Waals surface area contributed by atoms with E-state index in [1.807, 2.05) is 30.3 Å². The molecule has 0 bridgehead atoms. The minimum atomic E-state index is -0.562. The fourth-order valence-electron chi connectivity index (χ4n) is 1.85. The van der Waals surface area contributed by atoms with E-state index in [2.05, 4.69) is 0 Å². The smallest absolute Gasteiger partial charge is 0.224 e. The molecular weight excluding hydrogens is 190 g/mol. The summed E-state index contributed by atoms with van der Waals surface area (Å²) in [6.45, 7) is 1.50. The molecule has 2 rings (SSSR count). The molecule has 15 heavy (non-hydrogen) atoms. The molecule has 0 heterocycles. The predicted molar refractivity (Wildman–Crippen MR) is 57.6 cm³/mol. The molecule has 0 N–H and O–H groups in total. The quantitative estimate of drug-likeness (QED) is 0.702. The molecule has 1 saturated carbocycles. The van der Waals surface area contributed by atoms with Crippen molar-refractivity contribution in [3.8, 4) is 0 Å². The first-order chi connectivity index (χ1) is 7.19. The Hall–Kier alpha value is -1.64. The summed E-state index contributed by atoms with van der Waals surface area (Å²) < 4.78 is 0. The van der Waals surface area contributed by atoms with Gasteiger partial charge in [-0.2, -0.15) is 0 Å². The second-order valence-corrected chi connectivity index (χ2v) is 3.91. The van der Waals surface area contributed by atoms with Crippen molar-refractivity contribution in [2.24, 2.45) is 0 Å². The second-order valence-electron chi connectivity index (χ2n) is 3.91. The van der Waals surface area contributed by atoms with Gasteiger partial charge in [-0.05, 0) is 25.0 Å². The lowest BCUT2D eigenvalue weighted by molar-refractivity contribution is -0.119. The molecule has 0 aromatic heterocycles. The average molecular weight is 203 g/mol. The van der Waals surface area contributed by atoms with Crippen molar-refractivity contribution in [1.29, 1.82) is 0 Å². The summed E-state index contributed by atoms with van der Waals surface area (Å²) in [7, 11) is 0. The van der Waals surface area contributed by atoms with Gasteiger partial charge in [-0.25, -0.2) is 0 Å². The summed E-state index contributed by atoms with van der Waals surface area (Å²) >= 11 is 0. The molecule has 1 fully saturated rings. The third kappa shape index (κ3) is 1.65. The van der Waals surface area contributed by atoms with E-state index < -0.39 is 5.54 Å². The molecule has 1 aliphatic rings. The number of rotatable bonds is 3. The number of carbonyl (C=O) groups is 2. The van der Waals surface area contributed by atoms with Gasteiger partial charge in [-0.15, -0.1) is 0 Å². The molecule has 0 radical (unpaired) electrons. The van der Waals surface area contributed by atoms with E-state index in [1.165, 1.54) is 6.92 Å². The Morgan fingerprint density at radius 1 is 1.33 bits per heavy atom. The standard InChI is InChI=1S/C12H13NO2/c1-10(15)13(12(9-14)7-8-12)11-5-3-2-4-6-11/h2-6,9H,7-8H2,1H3. The van der Waals surface area contributed by atoms with Gasteiger partial charge in [0.15, 0.2) is 0 Å². The highest BCUT2D eigenvalue weighted by Crippen LogP contribution is 2.42. The Kier molecular flexibility index (Phi) is 2.31. The largest absolute Gasteiger partial charge is 0.301 e. The molecule has 3 nitrogen and oxygen atoms in total. The average Bonchev–Trinajstić information content (AvgIpc) is 3.00. The molecule has 0 spiro atoms. The van der Waals surface area contributed by atoms with Crippen LogP contribution in [-0.2, 0) is 9.59 Å². The van der Waals surface area contributed by atoms with Crippen molar-refractivity contribution in [2.45, 2.75) is 25.3 Å². The molecule has 0 unspecified atom stereocenters. The van der Waals surface area contributed by atoms with Crippen LogP contribution in [-0.4, -0.2) is 17.7 Å². The molecule has 1 amide bonds. The normalized spacial score (nSPS) is 16.9. The SMILES string of the molecule is CC(=O)N(c1ccccc1)C1(C=O)CC1. The number of hydrogen-bond acceptors (Lipinski definition) is 2. The number of aldehydes is 1. The third-order valence-electron chi connectivity index (χ3n) is 2.76. The lowest BCUT2D eigenvalue weighted by Gasteiger charge is -2.26. The number of nitrogens with zero attached hydrogens (tertiary/aromatic N) is 1. The third-order valence-corrected chi connectivity index (χ3v) is 2.76. The van der Waals surface area contributed by atoms with Gasteiger partial charge in [-0.1, -0.05) is 18.2 Å². The molecule has 3 heteroatoms. The number of benzene rings is 1. The molecule has 1 aromatic carbocycles. The summed E-state index contributed by atoms with van der Waals surface area (Å²) in [6, 6.07) is 9.33. The minimum absolute atomic E-state index is 0.0780. The van der Waals surface area contributed by atoms with Gasteiger partial charge in [0.2, 0.25) is 5.91 Å². The zero-order chi connectivity index (χ0) is 10.9. The van der Waals surface area contributed by atoms with Gasteiger partial charge >= 0.3 is 0 Å². The van der Waals surface area contributed by atoms with Gasteiger partial charge < -0.3 is 4.79 Å². The topological polar surface area (TPSA) is 37.4 Å². The fourth-order valence-corrected chi connectivity index (χ4v) is 1.85. The van der Waals surface area contributed by atoms with Crippen LogP contribution >= 0.6 is 0 Å². The maximum Gasteiger partial charge on any atom is 0.224 e. The van der Waals surface area contributed by atoms with Gasteiger partial charge in [0, 0.05) is 12.6 Å². The van der Waals surface area contributed by atoms with Crippen molar-refractivity contribution in [3.05, 3.63) is 30.3 Å². The highest BCUT2D eigenvalue weighted by molar-refractivity contribution is 5.99. The van der Waals surface area contributed by atoms with Crippen LogP contribution < -0.4 is 4.90 Å². The fraction of sp³-hybridized carbons (Fsp3) is 0.333. The number of para-hydroxylation sites is 1. The molecule has 0 saturated heterocycles. The number of anilines is 1. The Bertz CT molecular complexity index is 382. The zero-order valence-electron chi connectivity index (χ0n) is 8.64. The molecule has 78 valence electrons. The summed E-state index contributed by atoms with van der Waals surface area (Å²) in [5.74, 6) is -0.0780. The van der Waals surface area contributed by atoms with Gasteiger partial charge in [0.1, 0.15) is 11.8 Å². The Labute approximate surface area is 88.7 Å². The van der Waals surface area contributed by atoms with E-state index in [4.69, 9.17) is 0 Å². The minimum Gasteiger partial charge on any atom is -0.301 e. The van der Waals surface area contributed by atoms with Crippen LogP contribution in [0.5, 0.6) is 0 Å². The summed E-state index contributed by atoms with van der Waals surface area (Å²) in [5, 5.41) is 0. The maximum atomic E-state index is 11.6. The van der Waals surface area contributed by atoms with Gasteiger partial charge in [-0.3, -0.25) is 9.69 Å². The van der Waals surface area contributed by atoms with E-state index in [0.29, 0.717) is 0 Å². The summed E-state index contributed by atoms with van der Waals surface area (Å²) in [4.78, 5) is 24.2. The first-order valence-corrected chi connectivity index (χ1v) is 5.02. The van der Waals surface area contributed by atoms with Crippen LogP contribution in [0.3, 0.4) is 0 Å². The molecule has 1 aromatic rings. The van der Waals surface area contributed by atoms with Crippen molar-refractivity contribution in [2.75, 3.05) is 4.90 Å². The van der Waals surface area contributed by atoms with Crippen LogP contribution in [0.1, 0.15) is 19.8 Å². The summed E-state index contributed by atoms with van der Waals surface area (Å²) in [5.41, 5.74) is 0.238. The van der Waals surface area contributed by atoms with Crippen molar-refractivity contribution >= 4 is 17.9 Å². The van der Waals surface area contributed by atoms with Crippen LogP contribution in [0.4, 0.5) is 5.69 Å². The van der Waals surface area contributed by atoms with Crippen LogP contribution in [0.2, 0.25) is 0 Å². The van der Waals surface area contributed by atoms with Crippen LogP contribution in [0, 0.1) is 0 Å². The monoisotopic (exact) mass is 203 g/mol. The lowest BCUT2D eigenvalue weighted by Crippen LogP contribution is -2.42. The van der Waals surface area contributed by atoms with Crippen molar-refractivity contribution < 1.29 is 9.59 Å². The lowest BCUT2D eigenvalue weighted by atomic mass is 10.2. The predicted octanol–water partition coefficient (Wildman–Crippen LogP) is 1.77. The Morgan fingerprint density at radius 2 is 1.93 bits per heavy atom. The van der Waals surface area contributed by atoms with Crippen molar-refractivity contribution in [1.82, 2.24) is 0 Å². The molecular formula is C12H13NO2. The zero-order valence-corrected chi connectivity index (χ0v) is 8.64.